The average Bonchev–Trinajstić information content (AvgIpc) is 2.68. The van der Waals surface area contributed by atoms with Crippen LogP contribution in [0.25, 0.3) is 0 Å². The first-order valence-electron chi connectivity index (χ1n) is 11.7. The van der Waals surface area contributed by atoms with E-state index in [-0.39, 0.29) is 23.3 Å². The minimum atomic E-state index is -0.817. The number of rotatable bonds is 8. The van der Waals surface area contributed by atoms with Gasteiger partial charge in [0.05, 0.1) is 0 Å². The maximum atomic E-state index is 13.3. The molecule has 8 heteroatoms. The molecular formula is C23H37N3O5. The van der Waals surface area contributed by atoms with Crippen LogP contribution in [0.1, 0.15) is 72.6 Å². The van der Waals surface area contributed by atoms with Gasteiger partial charge in [-0.15, -0.1) is 0 Å². The first kappa shape index (κ1) is 23.5. The quantitative estimate of drug-likeness (QED) is 0.507. The summed E-state index contributed by atoms with van der Waals surface area (Å²) in [7, 11) is 0. The third kappa shape index (κ3) is 5.57. The Balaban J connectivity index is 1.52. The van der Waals surface area contributed by atoms with E-state index in [1.807, 2.05) is 27.7 Å². The molecule has 0 aromatic carbocycles. The topological polar surface area (TPSA) is 114 Å². The van der Waals surface area contributed by atoms with Crippen LogP contribution < -0.4 is 16.0 Å². The highest BCUT2D eigenvalue weighted by atomic mass is 16.5. The number of nitrogens with one attached hydrogen (secondary N) is 3. The summed E-state index contributed by atoms with van der Waals surface area (Å²) >= 11 is 0. The minimum Gasteiger partial charge on any atom is -0.454 e. The van der Waals surface area contributed by atoms with Gasteiger partial charge in [-0.05, 0) is 75.5 Å². The molecule has 31 heavy (non-hydrogen) atoms. The maximum absolute atomic E-state index is 13.3. The van der Waals surface area contributed by atoms with Crippen molar-refractivity contribution in [2.75, 3.05) is 6.61 Å². The SMILES string of the molecule is CC[C@@H](C)NC(=O)NC(=O)COC(=O)[C@@H](NC(=O)C12CC3CC(CC(C3)C1)C2)C(C)C. The van der Waals surface area contributed by atoms with Crippen LogP contribution in [-0.2, 0) is 19.1 Å². The van der Waals surface area contributed by atoms with E-state index in [1.165, 1.54) is 19.3 Å². The van der Waals surface area contributed by atoms with Crippen LogP contribution in [0.4, 0.5) is 4.79 Å². The molecule has 8 nitrogen and oxygen atoms in total. The summed E-state index contributed by atoms with van der Waals surface area (Å²) in [4.78, 5) is 49.6. The third-order valence-electron chi connectivity index (χ3n) is 7.32. The van der Waals surface area contributed by atoms with Gasteiger partial charge in [0.1, 0.15) is 6.04 Å². The van der Waals surface area contributed by atoms with E-state index in [9.17, 15) is 19.2 Å². The number of hydrogen-bond donors (Lipinski definition) is 3. The molecule has 174 valence electrons. The monoisotopic (exact) mass is 435 g/mol. The van der Waals surface area contributed by atoms with Crippen LogP contribution in [0.2, 0.25) is 0 Å². The van der Waals surface area contributed by atoms with E-state index in [1.54, 1.807) is 0 Å². The highest BCUT2D eigenvalue weighted by Gasteiger charge is 2.55. The smallest absolute Gasteiger partial charge is 0.329 e. The van der Waals surface area contributed by atoms with Crippen molar-refractivity contribution in [3.63, 3.8) is 0 Å². The van der Waals surface area contributed by atoms with Gasteiger partial charge in [0.15, 0.2) is 6.61 Å². The summed E-state index contributed by atoms with van der Waals surface area (Å²) in [5.41, 5.74) is -0.354. The Kier molecular flexibility index (Phi) is 7.27. The van der Waals surface area contributed by atoms with Crippen LogP contribution >= 0.6 is 0 Å². The highest BCUT2D eigenvalue weighted by Crippen LogP contribution is 2.60. The van der Waals surface area contributed by atoms with Crippen LogP contribution in [0.15, 0.2) is 0 Å². The summed E-state index contributed by atoms with van der Waals surface area (Å²) < 4.78 is 5.13. The number of hydrogen-bond acceptors (Lipinski definition) is 5. The van der Waals surface area contributed by atoms with Crippen molar-refractivity contribution >= 4 is 23.8 Å². The molecule has 0 unspecified atom stereocenters. The van der Waals surface area contributed by atoms with E-state index in [2.05, 4.69) is 16.0 Å². The fourth-order valence-corrected chi connectivity index (χ4v) is 5.93. The van der Waals surface area contributed by atoms with Crippen LogP contribution in [0.3, 0.4) is 0 Å². The van der Waals surface area contributed by atoms with E-state index in [4.69, 9.17) is 4.74 Å². The van der Waals surface area contributed by atoms with E-state index in [0.29, 0.717) is 17.8 Å². The molecule has 0 heterocycles. The zero-order valence-electron chi connectivity index (χ0n) is 19.2. The lowest BCUT2D eigenvalue weighted by molar-refractivity contribution is -0.157. The highest BCUT2D eigenvalue weighted by molar-refractivity contribution is 5.96. The molecule has 2 atom stereocenters. The molecule has 0 aromatic rings. The summed E-state index contributed by atoms with van der Waals surface area (Å²) in [6.07, 6.45) is 7.19. The number of imide groups is 1. The zero-order valence-corrected chi connectivity index (χ0v) is 19.2. The molecule has 4 bridgehead atoms. The second-order valence-corrected chi connectivity index (χ2v) is 10.3. The standard InChI is InChI=1S/C23H37N3O5/c1-5-14(4)24-22(30)25-18(27)12-31-20(28)19(13(2)3)26-21(29)23-9-15-6-16(10-23)8-17(7-15)11-23/h13-17,19H,5-12H2,1-4H3,(H,26,29)(H2,24,25,27,30)/t14-,15?,16?,17?,19+,23?/m1/s1. The predicted octanol–water partition coefficient (Wildman–Crippen LogP) is 2.51. The molecule has 4 fully saturated rings. The molecule has 4 rings (SSSR count). The molecule has 0 radical (unpaired) electrons. The molecule has 0 spiro atoms. The molecular weight excluding hydrogens is 398 g/mol. The maximum Gasteiger partial charge on any atom is 0.329 e. The molecule has 3 N–H and O–H groups in total. The summed E-state index contributed by atoms with van der Waals surface area (Å²) in [6, 6.07) is -1.51. The normalized spacial score (nSPS) is 30.4. The number of urea groups is 1. The van der Waals surface area contributed by atoms with Gasteiger partial charge in [0, 0.05) is 11.5 Å². The van der Waals surface area contributed by atoms with Gasteiger partial charge < -0.3 is 15.4 Å². The van der Waals surface area contributed by atoms with Crippen molar-refractivity contribution < 1.29 is 23.9 Å². The third-order valence-corrected chi connectivity index (χ3v) is 7.32. The van der Waals surface area contributed by atoms with Crippen molar-refractivity contribution in [3.05, 3.63) is 0 Å². The van der Waals surface area contributed by atoms with Crippen molar-refractivity contribution in [2.45, 2.75) is 84.7 Å². The number of carbonyl (C=O) groups is 4. The fourth-order valence-electron chi connectivity index (χ4n) is 5.93. The fraction of sp³-hybridized carbons (Fsp3) is 0.826. The zero-order chi connectivity index (χ0) is 22.8. The predicted molar refractivity (Wildman–Crippen MR) is 115 cm³/mol. The Morgan fingerprint density at radius 1 is 0.935 bits per heavy atom. The van der Waals surface area contributed by atoms with Gasteiger partial charge in [-0.1, -0.05) is 20.8 Å². The summed E-state index contributed by atoms with van der Waals surface area (Å²) in [6.45, 7) is 6.85. The van der Waals surface area contributed by atoms with Crippen molar-refractivity contribution in [1.29, 1.82) is 0 Å². The lowest BCUT2D eigenvalue weighted by Crippen LogP contribution is -2.57. The Labute approximate surface area is 184 Å². The lowest BCUT2D eigenvalue weighted by Gasteiger charge is -2.55. The molecule has 0 aromatic heterocycles. The van der Waals surface area contributed by atoms with E-state index in [0.717, 1.165) is 25.7 Å². The molecule has 4 aliphatic rings. The van der Waals surface area contributed by atoms with Crippen LogP contribution in [0, 0.1) is 29.1 Å². The van der Waals surface area contributed by atoms with Crippen LogP contribution in [0.5, 0.6) is 0 Å². The minimum absolute atomic E-state index is 0.0420. The Morgan fingerprint density at radius 2 is 1.48 bits per heavy atom. The van der Waals surface area contributed by atoms with Gasteiger partial charge in [0.25, 0.3) is 5.91 Å². The van der Waals surface area contributed by atoms with Gasteiger partial charge >= 0.3 is 12.0 Å². The first-order chi connectivity index (χ1) is 14.6. The second-order valence-electron chi connectivity index (χ2n) is 10.3. The Hall–Kier alpha value is -2.12. The number of amides is 4. The Bertz CT molecular complexity index is 685. The molecule has 4 amide bonds. The van der Waals surface area contributed by atoms with Crippen LogP contribution in [-0.4, -0.2) is 42.5 Å². The van der Waals surface area contributed by atoms with Crippen molar-refractivity contribution in [1.82, 2.24) is 16.0 Å². The summed E-state index contributed by atoms with van der Waals surface area (Å²) in [5, 5.41) is 7.70. The number of ether oxygens (including phenoxy) is 1. The van der Waals surface area contributed by atoms with Gasteiger partial charge in [0.2, 0.25) is 5.91 Å². The molecule has 4 aliphatic carbocycles. The van der Waals surface area contributed by atoms with E-state index < -0.39 is 30.6 Å². The van der Waals surface area contributed by atoms with Crippen molar-refractivity contribution in [2.24, 2.45) is 29.1 Å². The average molecular weight is 436 g/mol. The van der Waals surface area contributed by atoms with Gasteiger partial charge in [-0.3, -0.25) is 14.9 Å². The second kappa shape index (κ2) is 9.57. The van der Waals surface area contributed by atoms with E-state index >= 15 is 0 Å². The van der Waals surface area contributed by atoms with Gasteiger partial charge in [-0.2, -0.15) is 0 Å². The molecule has 0 aliphatic heterocycles. The van der Waals surface area contributed by atoms with Gasteiger partial charge in [-0.25, -0.2) is 9.59 Å². The molecule has 4 saturated carbocycles. The largest absolute Gasteiger partial charge is 0.454 e. The summed E-state index contributed by atoms with van der Waals surface area (Å²) in [5.74, 6) is 0.321. The van der Waals surface area contributed by atoms with Crippen molar-refractivity contribution in [3.8, 4) is 0 Å². The Morgan fingerprint density at radius 3 is 1.97 bits per heavy atom. The number of carbonyl (C=O) groups excluding carboxylic acids is 4. The first-order valence-corrected chi connectivity index (χ1v) is 11.7. The molecule has 0 saturated heterocycles. The lowest BCUT2D eigenvalue weighted by atomic mass is 9.49. The number of esters is 1.